The number of halogens is 1. The van der Waals surface area contributed by atoms with E-state index in [1.165, 1.54) is 4.90 Å². The molecule has 4 nitrogen and oxygen atoms in total. The van der Waals surface area contributed by atoms with Crippen molar-refractivity contribution >= 4 is 35.2 Å². The summed E-state index contributed by atoms with van der Waals surface area (Å²) >= 11 is 0. The predicted molar refractivity (Wildman–Crippen MR) is 122 cm³/mol. The van der Waals surface area contributed by atoms with Gasteiger partial charge >= 0.3 is 6.09 Å². The predicted octanol–water partition coefficient (Wildman–Crippen LogP) is 0.742. The lowest BCUT2D eigenvalue weighted by Gasteiger charge is -2.31. The van der Waals surface area contributed by atoms with Crippen LogP contribution >= 0.6 is 7.26 Å². The molecule has 0 atom stereocenters. The quantitative estimate of drug-likeness (QED) is 0.488. The van der Waals surface area contributed by atoms with Gasteiger partial charge in [0.15, 0.2) is 6.16 Å². The average molecular weight is 498 g/mol. The van der Waals surface area contributed by atoms with Crippen LogP contribution in [0.4, 0.5) is 4.79 Å². The third kappa shape index (κ3) is 4.30. The SMILES string of the molecule is CC1(C)COC(=O)N1C(=O)C[P+](c1ccccc1)(c1ccccc1)c1ccccc1.[Br-]. The van der Waals surface area contributed by atoms with Gasteiger partial charge in [0.25, 0.3) is 5.91 Å². The maximum Gasteiger partial charge on any atom is 0.417 e. The molecule has 0 aliphatic carbocycles. The Bertz CT molecular complexity index is 945. The summed E-state index contributed by atoms with van der Waals surface area (Å²) in [7, 11) is -2.34. The van der Waals surface area contributed by atoms with Gasteiger partial charge in [-0.3, -0.25) is 4.79 Å². The van der Waals surface area contributed by atoms with E-state index in [1.54, 1.807) is 0 Å². The van der Waals surface area contributed by atoms with E-state index in [0.29, 0.717) is 0 Å². The van der Waals surface area contributed by atoms with Crippen molar-refractivity contribution in [2.45, 2.75) is 19.4 Å². The number of nitrogens with zero attached hydrogens (tertiary/aromatic N) is 1. The minimum absolute atomic E-state index is 0. The van der Waals surface area contributed by atoms with E-state index in [-0.39, 0.29) is 35.7 Å². The highest BCUT2D eigenvalue weighted by molar-refractivity contribution is 7.96. The fourth-order valence-corrected chi connectivity index (χ4v) is 8.13. The molecule has 1 saturated heterocycles. The molecule has 0 radical (unpaired) electrons. The van der Waals surface area contributed by atoms with E-state index in [1.807, 2.05) is 68.4 Å². The average Bonchev–Trinajstić information content (AvgIpc) is 3.06. The van der Waals surface area contributed by atoms with Crippen molar-refractivity contribution in [3.8, 4) is 0 Å². The molecule has 4 rings (SSSR count). The lowest BCUT2D eigenvalue weighted by molar-refractivity contribution is -0.128. The fourth-order valence-electron chi connectivity index (χ4n) is 4.10. The number of cyclic esters (lactones) is 1. The molecule has 0 aromatic heterocycles. The second kappa shape index (κ2) is 9.33. The van der Waals surface area contributed by atoms with Crippen LogP contribution in [0.2, 0.25) is 0 Å². The number of amides is 2. The Labute approximate surface area is 194 Å². The topological polar surface area (TPSA) is 46.6 Å². The van der Waals surface area contributed by atoms with Crippen molar-refractivity contribution in [2.75, 3.05) is 12.8 Å². The molecule has 1 aliphatic heterocycles. The summed E-state index contributed by atoms with van der Waals surface area (Å²) in [6.07, 6.45) is -0.332. The van der Waals surface area contributed by atoms with Crippen molar-refractivity contribution in [1.29, 1.82) is 0 Å². The van der Waals surface area contributed by atoms with Gasteiger partial charge in [0.05, 0.1) is 5.54 Å². The first-order valence-electron chi connectivity index (χ1n) is 10.00. The maximum absolute atomic E-state index is 13.7. The summed E-state index contributed by atoms with van der Waals surface area (Å²) in [4.78, 5) is 27.4. The minimum Gasteiger partial charge on any atom is -1.00 e. The van der Waals surface area contributed by atoms with Crippen molar-refractivity contribution < 1.29 is 31.3 Å². The Kier molecular flexibility index (Phi) is 6.98. The van der Waals surface area contributed by atoms with Crippen LogP contribution in [0.1, 0.15) is 13.8 Å². The van der Waals surface area contributed by atoms with Crippen molar-refractivity contribution in [3.05, 3.63) is 91.0 Å². The number of hydrogen-bond donors (Lipinski definition) is 0. The third-order valence-electron chi connectivity index (χ3n) is 5.55. The summed E-state index contributed by atoms with van der Waals surface area (Å²) < 4.78 is 5.21. The number of rotatable bonds is 5. The summed E-state index contributed by atoms with van der Waals surface area (Å²) in [6.45, 7) is 3.94. The molecule has 1 heterocycles. The molecule has 6 heteroatoms. The van der Waals surface area contributed by atoms with Crippen LogP contribution in [-0.2, 0) is 9.53 Å². The number of carbonyl (C=O) groups excluding carboxylic acids is 2. The van der Waals surface area contributed by atoms with Gasteiger partial charge in [-0.05, 0) is 50.2 Å². The minimum atomic E-state index is -2.34. The molecule has 160 valence electrons. The monoisotopic (exact) mass is 497 g/mol. The van der Waals surface area contributed by atoms with E-state index in [4.69, 9.17) is 4.74 Å². The number of imide groups is 1. The van der Waals surface area contributed by atoms with E-state index >= 15 is 0 Å². The molecule has 0 spiro atoms. The van der Waals surface area contributed by atoms with Gasteiger partial charge in [0, 0.05) is 0 Å². The van der Waals surface area contributed by atoms with Crippen molar-refractivity contribution in [1.82, 2.24) is 4.90 Å². The lowest BCUT2D eigenvalue weighted by atomic mass is 10.1. The van der Waals surface area contributed by atoms with Crippen LogP contribution in [0.5, 0.6) is 0 Å². The molecular weight excluding hydrogens is 473 g/mol. The normalized spacial score (nSPS) is 15.2. The molecule has 0 N–H and O–H groups in total. The van der Waals surface area contributed by atoms with Gasteiger partial charge < -0.3 is 21.7 Å². The fraction of sp³-hybridized carbons (Fsp3) is 0.200. The van der Waals surface area contributed by atoms with Crippen LogP contribution < -0.4 is 32.9 Å². The molecular formula is C25H25BrNO3P. The molecule has 1 fully saturated rings. The first kappa shape index (κ1) is 23.2. The van der Waals surface area contributed by atoms with Gasteiger partial charge in [-0.1, -0.05) is 54.6 Å². The Morgan fingerprint density at radius 2 is 1.23 bits per heavy atom. The molecule has 3 aromatic rings. The van der Waals surface area contributed by atoms with Gasteiger partial charge in [-0.15, -0.1) is 0 Å². The zero-order valence-corrected chi connectivity index (χ0v) is 20.1. The highest BCUT2D eigenvalue weighted by atomic mass is 79.9. The molecule has 1 aliphatic rings. The number of hydrogen-bond acceptors (Lipinski definition) is 3. The van der Waals surface area contributed by atoms with E-state index in [2.05, 4.69) is 36.4 Å². The Morgan fingerprint density at radius 1 is 0.839 bits per heavy atom. The van der Waals surface area contributed by atoms with Crippen LogP contribution in [0.3, 0.4) is 0 Å². The number of carbonyl (C=O) groups is 2. The Balaban J connectivity index is 0.00000272. The van der Waals surface area contributed by atoms with Gasteiger partial charge in [0.2, 0.25) is 0 Å². The van der Waals surface area contributed by atoms with Gasteiger partial charge in [-0.25, -0.2) is 9.69 Å². The highest BCUT2D eigenvalue weighted by Gasteiger charge is 2.52. The second-order valence-electron chi connectivity index (χ2n) is 8.07. The first-order chi connectivity index (χ1) is 14.4. The van der Waals surface area contributed by atoms with Crippen LogP contribution in [0.15, 0.2) is 91.0 Å². The van der Waals surface area contributed by atoms with Crippen LogP contribution in [0.25, 0.3) is 0 Å². The van der Waals surface area contributed by atoms with E-state index < -0.39 is 18.9 Å². The van der Waals surface area contributed by atoms with Crippen LogP contribution in [-0.4, -0.2) is 35.2 Å². The smallest absolute Gasteiger partial charge is 0.417 e. The summed E-state index contributed by atoms with van der Waals surface area (Å²) in [5, 5.41) is 3.34. The molecule has 0 saturated carbocycles. The van der Waals surface area contributed by atoms with Crippen LogP contribution in [0, 0.1) is 0 Å². The van der Waals surface area contributed by atoms with E-state index in [9.17, 15) is 9.59 Å². The zero-order valence-electron chi connectivity index (χ0n) is 17.6. The Morgan fingerprint density at radius 3 is 1.55 bits per heavy atom. The highest BCUT2D eigenvalue weighted by Crippen LogP contribution is 2.55. The molecule has 3 aromatic carbocycles. The molecule has 0 bridgehead atoms. The Hall–Kier alpha value is -2.49. The standard InChI is InChI=1S/C25H25NO3P.BrH/c1-25(2)19-29-24(28)26(25)23(27)18-30(20-12-6-3-7-13-20,21-14-8-4-9-15-21)22-16-10-5-11-17-22;/h3-17H,18-19H2,1-2H3;1H/q+1;/p-1. The molecule has 2 amide bonds. The summed E-state index contributed by atoms with van der Waals surface area (Å²) in [5.74, 6) is -0.201. The largest absolute Gasteiger partial charge is 1.00 e. The van der Waals surface area contributed by atoms with Crippen molar-refractivity contribution in [2.24, 2.45) is 0 Å². The first-order valence-corrected chi connectivity index (χ1v) is 12.0. The summed E-state index contributed by atoms with van der Waals surface area (Å²) in [6, 6.07) is 30.6. The maximum atomic E-state index is 13.7. The zero-order chi connectivity index (χ0) is 21.2. The van der Waals surface area contributed by atoms with Crippen molar-refractivity contribution in [3.63, 3.8) is 0 Å². The number of benzene rings is 3. The number of ether oxygens (including phenoxy) is 1. The van der Waals surface area contributed by atoms with Gasteiger partial charge in [-0.2, -0.15) is 0 Å². The second-order valence-corrected chi connectivity index (χ2v) is 11.6. The molecule has 31 heavy (non-hydrogen) atoms. The van der Waals surface area contributed by atoms with E-state index in [0.717, 1.165) is 15.9 Å². The third-order valence-corrected chi connectivity index (χ3v) is 9.83. The summed E-state index contributed by atoms with van der Waals surface area (Å²) in [5.41, 5.74) is -0.659. The molecule has 0 unspecified atom stereocenters. The van der Waals surface area contributed by atoms with Gasteiger partial charge in [0.1, 0.15) is 29.8 Å². The lowest BCUT2D eigenvalue weighted by Crippen LogP contribution is -3.00.